The molecule has 2 aromatic rings. The predicted octanol–water partition coefficient (Wildman–Crippen LogP) is 1.80. The lowest BCUT2D eigenvalue weighted by Crippen LogP contribution is -2.41. The lowest BCUT2D eigenvalue weighted by Gasteiger charge is -2.04. The van der Waals surface area contributed by atoms with Crippen molar-refractivity contribution in [3.63, 3.8) is 0 Å². The Bertz CT molecular complexity index is 536. The molecule has 0 aliphatic rings. The number of carbonyl (C=O) groups is 2. The number of nitrogens with one attached hydrogen (secondary N) is 3. The van der Waals surface area contributed by atoms with Crippen LogP contribution in [0.25, 0.3) is 0 Å². The highest BCUT2D eigenvalue weighted by Crippen LogP contribution is 2.09. The van der Waals surface area contributed by atoms with E-state index in [1.54, 1.807) is 17.5 Å². The minimum atomic E-state index is -0.457. The number of hydrogen-bond acceptors (Lipinski definition) is 3. The summed E-state index contributed by atoms with van der Waals surface area (Å²) in [6.45, 7) is 0. The fourth-order valence-corrected chi connectivity index (χ4v) is 1.93. The molecule has 7 heteroatoms. The van der Waals surface area contributed by atoms with Gasteiger partial charge in [0, 0.05) is 6.20 Å². The number of H-pyrrole nitrogens is 1. The van der Waals surface area contributed by atoms with Gasteiger partial charge in [0.1, 0.15) is 5.69 Å². The molecule has 2 aromatic heterocycles. The van der Waals surface area contributed by atoms with Crippen LogP contribution in [0.5, 0.6) is 0 Å². The summed E-state index contributed by atoms with van der Waals surface area (Å²) >= 11 is 6.94. The van der Waals surface area contributed by atoms with E-state index in [-0.39, 0.29) is 11.6 Å². The molecule has 0 aliphatic heterocycles. The summed E-state index contributed by atoms with van der Waals surface area (Å²) in [5, 5.41) is 2.21. The van der Waals surface area contributed by atoms with Crippen molar-refractivity contribution in [2.45, 2.75) is 0 Å². The first kappa shape index (κ1) is 11.7. The SMILES string of the molecule is O=C(NNC(=O)c1cccs1)c1cc(Cl)c[nH]1. The number of thiophene rings is 1. The Labute approximate surface area is 106 Å². The average molecular weight is 270 g/mol. The van der Waals surface area contributed by atoms with Crippen LogP contribution in [-0.4, -0.2) is 16.8 Å². The van der Waals surface area contributed by atoms with Gasteiger partial charge < -0.3 is 4.98 Å². The highest BCUT2D eigenvalue weighted by Gasteiger charge is 2.10. The molecule has 2 rings (SSSR count). The van der Waals surface area contributed by atoms with E-state index in [0.29, 0.717) is 9.90 Å². The van der Waals surface area contributed by atoms with E-state index in [4.69, 9.17) is 11.6 Å². The molecule has 17 heavy (non-hydrogen) atoms. The summed E-state index contributed by atoms with van der Waals surface area (Å²) in [4.78, 5) is 26.2. The summed E-state index contributed by atoms with van der Waals surface area (Å²) in [5.74, 6) is -0.812. The first-order chi connectivity index (χ1) is 8.16. The van der Waals surface area contributed by atoms with Gasteiger partial charge in [-0.15, -0.1) is 11.3 Å². The van der Waals surface area contributed by atoms with Gasteiger partial charge in [-0.25, -0.2) is 0 Å². The molecule has 0 atom stereocenters. The van der Waals surface area contributed by atoms with E-state index >= 15 is 0 Å². The maximum absolute atomic E-state index is 11.5. The third-order valence-electron chi connectivity index (χ3n) is 1.93. The monoisotopic (exact) mass is 269 g/mol. The number of rotatable bonds is 2. The van der Waals surface area contributed by atoms with Crippen LogP contribution in [0.1, 0.15) is 20.2 Å². The van der Waals surface area contributed by atoms with Crippen molar-refractivity contribution in [1.29, 1.82) is 0 Å². The highest BCUT2D eigenvalue weighted by atomic mass is 35.5. The molecule has 0 fully saturated rings. The third kappa shape index (κ3) is 2.86. The molecule has 0 spiro atoms. The van der Waals surface area contributed by atoms with Crippen molar-refractivity contribution in [3.05, 3.63) is 45.4 Å². The lowest BCUT2D eigenvalue weighted by molar-refractivity contribution is 0.0846. The molecule has 0 aromatic carbocycles. The molecule has 0 radical (unpaired) electrons. The summed E-state index contributed by atoms with van der Waals surface area (Å²) in [7, 11) is 0. The van der Waals surface area contributed by atoms with E-state index in [1.807, 2.05) is 0 Å². The average Bonchev–Trinajstić information content (AvgIpc) is 2.95. The summed E-state index contributed by atoms with van der Waals surface area (Å²) in [5.41, 5.74) is 4.86. The molecular formula is C10H8ClN3O2S. The molecule has 88 valence electrons. The second kappa shape index (κ2) is 5.03. The Morgan fingerprint density at radius 3 is 2.65 bits per heavy atom. The normalized spacial score (nSPS) is 9.94. The number of amides is 2. The maximum atomic E-state index is 11.5. The van der Waals surface area contributed by atoms with Gasteiger partial charge in [-0.2, -0.15) is 0 Å². The van der Waals surface area contributed by atoms with E-state index < -0.39 is 5.91 Å². The Morgan fingerprint density at radius 2 is 2.06 bits per heavy atom. The van der Waals surface area contributed by atoms with Crippen molar-refractivity contribution in [2.24, 2.45) is 0 Å². The van der Waals surface area contributed by atoms with Crippen LogP contribution in [0.2, 0.25) is 5.02 Å². The maximum Gasteiger partial charge on any atom is 0.286 e. The van der Waals surface area contributed by atoms with Crippen molar-refractivity contribution in [1.82, 2.24) is 15.8 Å². The molecule has 3 N–H and O–H groups in total. The number of carbonyl (C=O) groups excluding carboxylic acids is 2. The fourth-order valence-electron chi connectivity index (χ4n) is 1.15. The van der Waals surface area contributed by atoms with Crippen LogP contribution in [0.4, 0.5) is 0 Å². The van der Waals surface area contributed by atoms with E-state index in [1.165, 1.54) is 23.6 Å². The van der Waals surface area contributed by atoms with Crippen molar-refractivity contribution < 1.29 is 9.59 Å². The number of aromatic amines is 1. The topological polar surface area (TPSA) is 74.0 Å². The zero-order valence-electron chi connectivity index (χ0n) is 8.49. The molecule has 2 amide bonds. The van der Waals surface area contributed by atoms with Gasteiger partial charge in [0.25, 0.3) is 11.8 Å². The Hall–Kier alpha value is -1.79. The quantitative estimate of drug-likeness (QED) is 0.728. The first-order valence-corrected chi connectivity index (χ1v) is 5.90. The molecule has 2 heterocycles. The van der Waals surface area contributed by atoms with Crippen LogP contribution in [0, 0.1) is 0 Å². The Kier molecular flexibility index (Phi) is 3.46. The second-order valence-corrected chi connectivity index (χ2v) is 4.50. The molecule has 0 aliphatic carbocycles. The smallest absolute Gasteiger partial charge is 0.286 e. The molecular weight excluding hydrogens is 262 g/mol. The number of halogens is 1. The number of hydrogen-bond donors (Lipinski definition) is 3. The zero-order valence-corrected chi connectivity index (χ0v) is 10.1. The van der Waals surface area contributed by atoms with Gasteiger partial charge in [-0.1, -0.05) is 17.7 Å². The van der Waals surface area contributed by atoms with Crippen molar-refractivity contribution in [3.8, 4) is 0 Å². The zero-order chi connectivity index (χ0) is 12.3. The Morgan fingerprint density at radius 1 is 1.29 bits per heavy atom. The van der Waals surface area contributed by atoms with Crippen LogP contribution in [0.3, 0.4) is 0 Å². The Balaban J connectivity index is 1.91. The molecule has 5 nitrogen and oxygen atoms in total. The van der Waals surface area contributed by atoms with Crippen LogP contribution < -0.4 is 10.9 Å². The van der Waals surface area contributed by atoms with Gasteiger partial charge in [-0.05, 0) is 17.5 Å². The molecule has 0 bridgehead atoms. The minimum Gasteiger partial charge on any atom is -0.356 e. The van der Waals surface area contributed by atoms with E-state index in [2.05, 4.69) is 15.8 Å². The summed E-state index contributed by atoms with van der Waals surface area (Å²) in [6, 6.07) is 4.89. The largest absolute Gasteiger partial charge is 0.356 e. The summed E-state index contributed by atoms with van der Waals surface area (Å²) < 4.78 is 0. The number of aromatic nitrogens is 1. The van der Waals surface area contributed by atoms with E-state index in [0.717, 1.165) is 0 Å². The van der Waals surface area contributed by atoms with E-state index in [9.17, 15) is 9.59 Å². The summed E-state index contributed by atoms with van der Waals surface area (Å²) in [6.07, 6.45) is 1.48. The molecule has 0 saturated carbocycles. The van der Waals surface area contributed by atoms with Gasteiger partial charge in [-0.3, -0.25) is 20.4 Å². The van der Waals surface area contributed by atoms with Crippen LogP contribution >= 0.6 is 22.9 Å². The lowest BCUT2D eigenvalue weighted by atomic mass is 10.4. The third-order valence-corrected chi connectivity index (χ3v) is 3.01. The standard InChI is InChI=1S/C10H8ClN3O2S/c11-6-4-7(12-5-6)9(15)13-14-10(16)8-2-1-3-17-8/h1-5,12H,(H,13,15)(H,14,16). The first-order valence-electron chi connectivity index (χ1n) is 4.65. The highest BCUT2D eigenvalue weighted by molar-refractivity contribution is 7.12. The second-order valence-electron chi connectivity index (χ2n) is 3.12. The molecule has 0 unspecified atom stereocenters. The van der Waals surface area contributed by atoms with Crippen LogP contribution in [0.15, 0.2) is 29.8 Å². The minimum absolute atomic E-state index is 0.279. The fraction of sp³-hybridized carbons (Fsp3) is 0. The van der Waals surface area contributed by atoms with Gasteiger partial charge in [0.2, 0.25) is 0 Å². The molecule has 0 saturated heterocycles. The van der Waals surface area contributed by atoms with Gasteiger partial charge >= 0.3 is 0 Å². The van der Waals surface area contributed by atoms with Crippen molar-refractivity contribution in [2.75, 3.05) is 0 Å². The van der Waals surface area contributed by atoms with Gasteiger partial charge in [0.15, 0.2) is 0 Å². The van der Waals surface area contributed by atoms with Gasteiger partial charge in [0.05, 0.1) is 9.90 Å². The number of hydrazine groups is 1. The van der Waals surface area contributed by atoms with Crippen molar-refractivity contribution >= 4 is 34.8 Å². The predicted molar refractivity (Wildman–Crippen MR) is 65.1 cm³/mol. The van der Waals surface area contributed by atoms with Crippen LogP contribution in [-0.2, 0) is 0 Å².